The van der Waals surface area contributed by atoms with E-state index in [-0.39, 0.29) is 0 Å². The predicted octanol–water partition coefficient (Wildman–Crippen LogP) is 2.98. The maximum atomic E-state index is 5.91. The molecule has 0 spiro atoms. The molecule has 88 valence electrons. The van der Waals surface area contributed by atoms with Gasteiger partial charge in [-0.05, 0) is 43.9 Å². The highest BCUT2D eigenvalue weighted by molar-refractivity contribution is 9.10. The van der Waals surface area contributed by atoms with E-state index in [1.165, 1.54) is 12.0 Å². The summed E-state index contributed by atoms with van der Waals surface area (Å²) < 4.78 is 1.13. The Balaban J connectivity index is 1.92. The first-order valence-corrected chi connectivity index (χ1v) is 6.71. The predicted molar refractivity (Wildman–Crippen MR) is 71.3 cm³/mol. The lowest BCUT2D eigenvalue weighted by Crippen LogP contribution is -2.30. The average molecular weight is 283 g/mol. The molecule has 1 aliphatic carbocycles. The minimum atomic E-state index is 0.398. The molecule has 3 heteroatoms. The smallest absolute Gasteiger partial charge is 0.0294 e. The van der Waals surface area contributed by atoms with Crippen LogP contribution in [0.15, 0.2) is 28.7 Å². The van der Waals surface area contributed by atoms with Gasteiger partial charge in [0.2, 0.25) is 0 Å². The molecule has 0 heterocycles. The minimum absolute atomic E-state index is 0.398. The molecule has 16 heavy (non-hydrogen) atoms. The van der Waals surface area contributed by atoms with Crippen molar-refractivity contribution < 1.29 is 0 Å². The Bertz CT molecular complexity index is 336. The van der Waals surface area contributed by atoms with Gasteiger partial charge in [0.25, 0.3) is 0 Å². The number of hydrogen-bond donors (Lipinski definition) is 2. The highest BCUT2D eigenvalue weighted by Crippen LogP contribution is 2.22. The second kappa shape index (κ2) is 5.30. The molecule has 0 aliphatic heterocycles. The zero-order valence-corrected chi connectivity index (χ0v) is 11.2. The summed E-state index contributed by atoms with van der Waals surface area (Å²) in [5, 5.41) is 3.65. The van der Waals surface area contributed by atoms with E-state index in [1.54, 1.807) is 0 Å². The van der Waals surface area contributed by atoms with E-state index in [9.17, 15) is 0 Å². The molecule has 1 aliphatic rings. The van der Waals surface area contributed by atoms with Crippen LogP contribution in [-0.4, -0.2) is 12.1 Å². The summed E-state index contributed by atoms with van der Waals surface area (Å²) in [7, 11) is 0. The van der Waals surface area contributed by atoms with Crippen molar-refractivity contribution in [2.45, 2.75) is 44.3 Å². The number of benzene rings is 1. The Morgan fingerprint density at radius 3 is 2.56 bits per heavy atom. The molecule has 3 atom stereocenters. The molecule has 2 rings (SSSR count). The SMILES string of the molecule is C[C@@H](NC1CCC(N)C1)c1ccc(Br)cc1. The van der Waals surface area contributed by atoms with Crippen molar-refractivity contribution in [2.24, 2.45) is 5.73 Å². The molecule has 1 aromatic carbocycles. The highest BCUT2D eigenvalue weighted by Gasteiger charge is 2.22. The second-order valence-corrected chi connectivity index (χ2v) is 5.63. The van der Waals surface area contributed by atoms with Crippen LogP contribution in [0.3, 0.4) is 0 Å². The molecule has 0 aromatic heterocycles. The first kappa shape index (κ1) is 12.1. The van der Waals surface area contributed by atoms with Gasteiger partial charge < -0.3 is 11.1 Å². The third-order valence-corrected chi connectivity index (χ3v) is 3.86. The zero-order chi connectivity index (χ0) is 11.5. The summed E-state index contributed by atoms with van der Waals surface area (Å²) in [6.45, 7) is 2.22. The van der Waals surface area contributed by atoms with Gasteiger partial charge in [-0.25, -0.2) is 0 Å². The van der Waals surface area contributed by atoms with E-state index < -0.39 is 0 Å². The van der Waals surface area contributed by atoms with Crippen molar-refractivity contribution in [1.82, 2.24) is 5.32 Å². The number of hydrogen-bond acceptors (Lipinski definition) is 2. The third-order valence-electron chi connectivity index (χ3n) is 3.33. The molecule has 0 amide bonds. The molecular weight excluding hydrogens is 264 g/mol. The minimum Gasteiger partial charge on any atom is -0.328 e. The molecule has 1 saturated carbocycles. The first-order chi connectivity index (χ1) is 7.65. The normalized spacial score (nSPS) is 26.9. The summed E-state index contributed by atoms with van der Waals surface area (Å²) in [5.74, 6) is 0. The van der Waals surface area contributed by atoms with Crippen LogP contribution < -0.4 is 11.1 Å². The molecule has 1 aromatic rings. The lowest BCUT2D eigenvalue weighted by atomic mass is 10.1. The summed E-state index contributed by atoms with van der Waals surface area (Å²) in [6.07, 6.45) is 3.48. The van der Waals surface area contributed by atoms with Crippen molar-refractivity contribution >= 4 is 15.9 Å². The van der Waals surface area contributed by atoms with Crippen LogP contribution in [-0.2, 0) is 0 Å². The van der Waals surface area contributed by atoms with Gasteiger partial charge in [0.1, 0.15) is 0 Å². The number of rotatable bonds is 3. The van der Waals surface area contributed by atoms with Crippen molar-refractivity contribution in [3.63, 3.8) is 0 Å². The second-order valence-electron chi connectivity index (χ2n) is 4.71. The number of nitrogens with one attached hydrogen (secondary N) is 1. The van der Waals surface area contributed by atoms with E-state index in [1.807, 2.05) is 0 Å². The summed E-state index contributed by atoms with van der Waals surface area (Å²) >= 11 is 3.45. The van der Waals surface area contributed by atoms with Gasteiger partial charge in [-0.1, -0.05) is 28.1 Å². The molecule has 0 radical (unpaired) electrons. The number of halogens is 1. The molecule has 0 saturated heterocycles. The van der Waals surface area contributed by atoms with Crippen molar-refractivity contribution in [3.8, 4) is 0 Å². The van der Waals surface area contributed by atoms with Crippen LogP contribution >= 0.6 is 15.9 Å². The summed E-state index contributed by atoms with van der Waals surface area (Å²) in [6, 6.07) is 9.90. The van der Waals surface area contributed by atoms with Gasteiger partial charge in [0.05, 0.1) is 0 Å². The topological polar surface area (TPSA) is 38.0 Å². The third kappa shape index (κ3) is 3.06. The van der Waals surface area contributed by atoms with Gasteiger partial charge in [-0.3, -0.25) is 0 Å². The Morgan fingerprint density at radius 1 is 1.31 bits per heavy atom. The Morgan fingerprint density at radius 2 is 2.00 bits per heavy atom. The molecular formula is C13H19BrN2. The Hall–Kier alpha value is -0.380. The molecule has 3 N–H and O–H groups in total. The molecule has 2 unspecified atom stereocenters. The molecule has 1 fully saturated rings. The van der Waals surface area contributed by atoms with Gasteiger partial charge in [-0.15, -0.1) is 0 Å². The van der Waals surface area contributed by atoms with Gasteiger partial charge >= 0.3 is 0 Å². The first-order valence-electron chi connectivity index (χ1n) is 5.92. The Kier molecular flexibility index (Phi) is 4.00. The van der Waals surface area contributed by atoms with Crippen molar-refractivity contribution in [2.75, 3.05) is 0 Å². The lowest BCUT2D eigenvalue weighted by Gasteiger charge is -2.19. The maximum absolute atomic E-state index is 5.91. The van der Waals surface area contributed by atoms with Crippen LogP contribution in [0.2, 0.25) is 0 Å². The molecule has 2 nitrogen and oxygen atoms in total. The summed E-state index contributed by atoms with van der Waals surface area (Å²) in [5.41, 5.74) is 7.25. The van der Waals surface area contributed by atoms with E-state index in [2.05, 4.69) is 52.4 Å². The fourth-order valence-corrected chi connectivity index (χ4v) is 2.63. The largest absolute Gasteiger partial charge is 0.328 e. The monoisotopic (exact) mass is 282 g/mol. The van der Waals surface area contributed by atoms with E-state index >= 15 is 0 Å². The van der Waals surface area contributed by atoms with Gasteiger partial charge in [0.15, 0.2) is 0 Å². The maximum Gasteiger partial charge on any atom is 0.0294 e. The van der Waals surface area contributed by atoms with Crippen LogP contribution in [0.1, 0.15) is 37.8 Å². The Labute approximate surface area is 106 Å². The van der Waals surface area contributed by atoms with Crippen LogP contribution in [0.5, 0.6) is 0 Å². The quantitative estimate of drug-likeness (QED) is 0.895. The van der Waals surface area contributed by atoms with E-state index in [0.29, 0.717) is 18.1 Å². The van der Waals surface area contributed by atoms with Gasteiger partial charge in [-0.2, -0.15) is 0 Å². The van der Waals surface area contributed by atoms with Gasteiger partial charge in [0, 0.05) is 22.6 Å². The van der Waals surface area contributed by atoms with Crippen LogP contribution in [0.25, 0.3) is 0 Å². The zero-order valence-electron chi connectivity index (χ0n) is 9.62. The summed E-state index contributed by atoms with van der Waals surface area (Å²) in [4.78, 5) is 0. The van der Waals surface area contributed by atoms with Crippen LogP contribution in [0.4, 0.5) is 0 Å². The fourth-order valence-electron chi connectivity index (χ4n) is 2.37. The number of nitrogens with two attached hydrogens (primary N) is 1. The highest BCUT2D eigenvalue weighted by atomic mass is 79.9. The van der Waals surface area contributed by atoms with Crippen LogP contribution in [0, 0.1) is 0 Å². The lowest BCUT2D eigenvalue weighted by molar-refractivity contribution is 0.457. The fraction of sp³-hybridized carbons (Fsp3) is 0.538. The molecule has 0 bridgehead atoms. The average Bonchev–Trinajstić information content (AvgIpc) is 2.65. The standard InChI is InChI=1S/C13H19BrN2/c1-9(10-2-4-11(14)5-3-10)16-13-7-6-12(15)8-13/h2-5,9,12-13,16H,6-8,15H2,1H3/t9-,12?,13?/m1/s1. The van der Waals surface area contributed by atoms with E-state index in [4.69, 9.17) is 5.73 Å². The van der Waals surface area contributed by atoms with Crippen molar-refractivity contribution in [1.29, 1.82) is 0 Å². The van der Waals surface area contributed by atoms with E-state index in [0.717, 1.165) is 17.3 Å². The van der Waals surface area contributed by atoms with Crippen molar-refractivity contribution in [3.05, 3.63) is 34.3 Å².